The fourth-order valence-electron chi connectivity index (χ4n) is 2.23. The van der Waals surface area contributed by atoms with Crippen LogP contribution < -0.4 is 0 Å². The molecule has 2 rings (SSSR count). The zero-order valence-corrected chi connectivity index (χ0v) is 9.16. The number of carboxylic acids is 1. The zero-order chi connectivity index (χ0) is 11.0. The summed E-state index contributed by atoms with van der Waals surface area (Å²) in [4.78, 5) is 15.2. The van der Waals surface area contributed by atoms with E-state index in [1.54, 1.807) is 0 Å². The van der Waals surface area contributed by atoms with Gasteiger partial charge in [-0.2, -0.15) is 0 Å². The third kappa shape index (κ3) is 1.64. The minimum absolute atomic E-state index is 0.262. The van der Waals surface area contributed by atoms with E-state index in [4.69, 9.17) is 5.11 Å². The minimum Gasteiger partial charge on any atom is -0.476 e. The molecule has 0 aliphatic carbocycles. The molecule has 15 heavy (non-hydrogen) atoms. The first-order valence-corrected chi connectivity index (χ1v) is 5.45. The second-order valence-electron chi connectivity index (χ2n) is 4.23. The second kappa shape index (κ2) is 3.68. The molecule has 0 saturated heterocycles. The van der Waals surface area contributed by atoms with Crippen molar-refractivity contribution in [3.63, 3.8) is 0 Å². The number of fused-ring (bicyclic) bond motifs is 1. The van der Waals surface area contributed by atoms with Gasteiger partial charge in [0.2, 0.25) is 0 Å². The molecule has 1 aromatic heterocycles. The SMILES string of the molecule is CCc1nc(C(=O)O)c2n1CCC(C)C2. The summed E-state index contributed by atoms with van der Waals surface area (Å²) >= 11 is 0. The van der Waals surface area contributed by atoms with Crippen LogP contribution in [-0.4, -0.2) is 20.6 Å². The van der Waals surface area contributed by atoms with E-state index in [2.05, 4.69) is 16.5 Å². The van der Waals surface area contributed by atoms with Crippen LogP contribution in [0.5, 0.6) is 0 Å². The molecule has 1 atom stereocenters. The Kier molecular flexibility index (Phi) is 2.50. The van der Waals surface area contributed by atoms with Gasteiger partial charge in [0.15, 0.2) is 5.69 Å². The Balaban J connectivity index is 2.50. The van der Waals surface area contributed by atoms with Crippen LogP contribution in [0.3, 0.4) is 0 Å². The van der Waals surface area contributed by atoms with Gasteiger partial charge in [0.1, 0.15) is 5.82 Å². The molecule has 0 radical (unpaired) electrons. The third-order valence-electron chi connectivity index (χ3n) is 3.06. The zero-order valence-electron chi connectivity index (χ0n) is 9.16. The molecular formula is C11H16N2O2. The van der Waals surface area contributed by atoms with Crippen LogP contribution >= 0.6 is 0 Å². The fraction of sp³-hybridized carbons (Fsp3) is 0.636. The first-order valence-electron chi connectivity index (χ1n) is 5.45. The third-order valence-corrected chi connectivity index (χ3v) is 3.06. The molecule has 1 aromatic rings. The van der Waals surface area contributed by atoms with Gasteiger partial charge in [-0.1, -0.05) is 13.8 Å². The average molecular weight is 208 g/mol. The number of hydrogen-bond donors (Lipinski definition) is 1. The summed E-state index contributed by atoms with van der Waals surface area (Å²) in [7, 11) is 0. The van der Waals surface area contributed by atoms with Crippen molar-refractivity contribution in [2.45, 2.75) is 39.7 Å². The largest absolute Gasteiger partial charge is 0.476 e. The highest BCUT2D eigenvalue weighted by atomic mass is 16.4. The Morgan fingerprint density at radius 2 is 2.40 bits per heavy atom. The highest BCUT2D eigenvalue weighted by Gasteiger charge is 2.25. The van der Waals surface area contributed by atoms with Gasteiger partial charge in [0.05, 0.1) is 5.69 Å². The summed E-state index contributed by atoms with van der Waals surface area (Å²) in [5.74, 6) is 0.582. The summed E-state index contributed by atoms with van der Waals surface area (Å²) in [5, 5.41) is 9.06. The lowest BCUT2D eigenvalue weighted by Gasteiger charge is -2.21. The Hall–Kier alpha value is -1.32. The summed E-state index contributed by atoms with van der Waals surface area (Å²) in [6.07, 6.45) is 2.76. The van der Waals surface area contributed by atoms with Gasteiger partial charge in [-0.15, -0.1) is 0 Å². The first-order chi connectivity index (χ1) is 7.13. The monoisotopic (exact) mass is 208 g/mol. The van der Waals surface area contributed by atoms with E-state index in [0.717, 1.165) is 37.3 Å². The Morgan fingerprint density at radius 3 is 3.00 bits per heavy atom. The maximum atomic E-state index is 11.0. The van der Waals surface area contributed by atoms with Crippen LogP contribution in [0.25, 0.3) is 0 Å². The lowest BCUT2D eigenvalue weighted by Crippen LogP contribution is -2.19. The molecular weight excluding hydrogens is 192 g/mol. The Morgan fingerprint density at radius 1 is 1.67 bits per heavy atom. The van der Waals surface area contributed by atoms with E-state index < -0.39 is 5.97 Å². The highest BCUT2D eigenvalue weighted by molar-refractivity contribution is 5.87. The normalized spacial score (nSPS) is 20.0. The summed E-state index contributed by atoms with van der Waals surface area (Å²) in [6.45, 7) is 5.09. The van der Waals surface area contributed by atoms with Crippen molar-refractivity contribution in [3.8, 4) is 0 Å². The maximum absolute atomic E-state index is 11.0. The van der Waals surface area contributed by atoms with Gasteiger partial charge in [-0.3, -0.25) is 0 Å². The lowest BCUT2D eigenvalue weighted by molar-refractivity contribution is 0.0689. The quantitative estimate of drug-likeness (QED) is 0.805. The van der Waals surface area contributed by atoms with Gasteiger partial charge < -0.3 is 9.67 Å². The second-order valence-corrected chi connectivity index (χ2v) is 4.23. The minimum atomic E-state index is -0.896. The standard InChI is InChI=1S/C11H16N2O2/c1-3-9-12-10(11(14)15)8-6-7(2)4-5-13(8)9/h7H,3-6H2,1-2H3,(H,14,15). The number of aryl methyl sites for hydroxylation is 1. The van der Waals surface area contributed by atoms with Crippen molar-refractivity contribution < 1.29 is 9.90 Å². The van der Waals surface area contributed by atoms with E-state index in [-0.39, 0.29) is 5.69 Å². The number of rotatable bonds is 2. The van der Waals surface area contributed by atoms with Crippen LogP contribution in [-0.2, 0) is 19.4 Å². The van der Waals surface area contributed by atoms with Gasteiger partial charge >= 0.3 is 5.97 Å². The van der Waals surface area contributed by atoms with Crippen LogP contribution in [0.4, 0.5) is 0 Å². The summed E-state index contributed by atoms with van der Waals surface area (Å²) in [5.41, 5.74) is 1.18. The molecule has 4 heteroatoms. The molecule has 4 nitrogen and oxygen atoms in total. The number of aromatic nitrogens is 2. The number of hydrogen-bond acceptors (Lipinski definition) is 2. The lowest BCUT2D eigenvalue weighted by atomic mass is 9.97. The fourth-order valence-corrected chi connectivity index (χ4v) is 2.23. The van der Waals surface area contributed by atoms with E-state index in [1.165, 1.54) is 0 Å². The molecule has 1 aliphatic rings. The van der Waals surface area contributed by atoms with Gasteiger partial charge in [-0.05, 0) is 18.8 Å². The summed E-state index contributed by atoms with van der Waals surface area (Å²) in [6, 6.07) is 0. The van der Waals surface area contributed by atoms with Gasteiger partial charge in [0.25, 0.3) is 0 Å². The molecule has 0 fully saturated rings. The van der Waals surface area contributed by atoms with Crippen LogP contribution in [0.15, 0.2) is 0 Å². The van der Waals surface area contributed by atoms with E-state index in [0.29, 0.717) is 5.92 Å². The van der Waals surface area contributed by atoms with Crippen molar-refractivity contribution >= 4 is 5.97 Å². The topological polar surface area (TPSA) is 55.1 Å². The molecule has 0 aromatic carbocycles. The van der Waals surface area contributed by atoms with Crippen molar-refractivity contribution in [1.29, 1.82) is 0 Å². The Labute approximate surface area is 88.9 Å². The van der Waals surface area contributed by atoms with Crippen molar-refractivity contribution in [2.24, 2.45) is 5.92 Å². The van der Waals surface area contributed by atoms with Crippen LogP contribution in [0, 0.1) is 5.92 Å². The first kappa shape index (κ1) is 10.2. The van der Waals surface area contributed by atoms with E-state index >= 15 is 0 Å². The van der Waals surface area contributed by atoms with E-state index in [9.17, 15) is 4.79 Å². The Bertz CT molecular complexity index is 396. The van der Waals surface area contributed by atoms with Crippen LogP contribution in [0.2, 0.25) is 0 Å². The van der Waals surface area contributed by atoms with Crippen molar-refractivity contribution in [1.82, 2.24) is 9.55 Å². The molecule has 0 amide bonds. The highest BCUT2D eigenvalue weighted by Crippen LogP contribution is 2.24. The predicted molar refractivity (Wildman–Crippen MR) is 56.0 cm³/mol. The van der Waals surface area contributed by atoms with Gasteiger partial charge in [0, 0.05) is 13.0 Å². The predicted octanol–water partition coefficient (Wildman–Crippen LogP) is 1.73. The number of aromatic carboxylic acids is 1. The molecule has 1 aliphatic heterocycles. The van der Waals surface area contributed by atoms with Gasteiger partial charge in [-0.25, -0.2) is 9.78 Å². The maximum Gasteiger partial charge on any atom is 0.356 e. The van der Waals surface area contributed by atoms with Crippen LogP contribution in [0.1, 0.15) is 42.3 Å². The smallest absolute Gasteiger partial charge is 0.356 e. The van der Waals surface area contributed by atoms with Crippen molar-refractivity contribution in [2.75, 3.05) is 0 Å². The molecule has 2 heterocycles. The number of nitrogens with zero attached hydrogens (tertiary/aromatic N) is 2. The average Bonchev–Trinajstić information content (AvgIpc) is 2.55. The van der Waals surface area contributed by atoms with Crippen molar-refractivity contribution in [3.05, 3.63) is 17.2 Å². The summed E-state index contributed by atoms with van der Waals surface area (Å²) < 4.78 is 2.09. The molecule has 82 valence electrons. The number of carbonyl (C=O) groups is 1. The molecule has 1 N–H and O–H groups in total. The molecule has 1 unspecified atom stereocenters. The molecule has 0 spiro atoms. The molecule has 0 saturated carbocycles. The van der Waals surface area contributed by atoms with E-state index in [1.807, 2.05) is 6.92 Å². The number of imidazole rings is 1. The molecule has 0 bridgehead atoms. The number of carboxylic acid groups (broad SMARTS) is 1.